The zero-order valence-electron chi connectivity index (χ0n) is 10.1. The molecule has 0 atom stereocenters. The van der Waals surface area contributed by atoms with E-state index in [9.17, 15) is 4.79 Å². The maximum absolute atomic E-state index is 11.2. The highest BCUT2D eigenvalue weighted by atomic mass is 16.5. The minimum atomic E-state index is -0.528. The molecule has 5 nitrogen and oxygen atoms in total. The first kappa shape index (κ1) is 12.4. The lowest BCUT2D eigenvalue weighted by molar-refractivity contribution is 0.0587. The predicted molar refractivity (Wildman–Crippen MR) is 61.3 cm³/mol. The van der Waals surface area contributed by atoms with Crippen molar-refractivity contribution in [2.45, 2.75) is 20.8 Å². The zero-order valence-corrected chi connectivity index (χ0v) is 10.1. The molecule has 0 saturated carbocycles. The summed E-state index contributed by atoms with van der Waals surface area (Å²) in [5, 5.41) is 3.15. The van der Waals surface area contributed by atoms with E-state index >= 15 is 0 Å². The van der Waals surface area contributed by atoms with E-state index in [4.69, 9.17) is 0 Å². The van der Waals surface area contributed by atoms with Gasteiger partial charge in [-0.2, -0.15) is 0 Å². The standard InChI is InChI=1S/C11H17N3O2/c1-11(2,3)7-13-8-5-6-12-9(14-8)10(15)16-4/h5-6H,7H2,1-4H3,(H,12,13,14). The first-order valence-corrected chi connectivity index (χ1v) is 5.07. The number of carbonyl (C=O) groups is 1. The number of carbonyl (C=O) groups excluding carboxylic acids is 1. The van der Waals surface area contributed by atoms with E-state index in [1.165, 1.54) is 13.3 Å². The van der Waals surface area contributed by atoms with Crippen molar-refractivity contribution in [2.24, 2.45) is 5.41 Å². The van der Waals surface area contributed by atoms with Crippen LogP contribution in [0.3, 0.4) is 0 Å². The van der Waals surface area contributed by atoms with Crippen molar-refractivity contribution >= 4 is 11.8 Å². The van der Waals surface area contributed by atoms with Crippen molar-refractivity contribution in [1.29, 1.82) is 0 Å². The Morgan fingerprint density at radius 2 is 2.19 bits per heavy atom. The van der Waals surface area contributed by atoms with E-state index in [0.29, 0.717) is 5.82 Å². The highest BCUT2D eigenvalue weighted by Crippen LogP contribution is 2.13. The molecule has 1 rings (SSSR count). The Hall–Kier alpha value is -1.65. The molecule has 16 heavy (non-hydrogen) atoms. The summed E-state index contributed by atoms with van der Waals surface area (Å²) in [6, 6.07) is 1.72. The van der Waals surface area contributed by atoms with E-state index in [-0.39, 0.29) is 11.2 Å². The number of nitrogens with one attached hydrogen (secondary N) is 1. The van der Waals surface area contributed by atoms with Crippen LogP contribution in [-0.2, 0) is 4.74 Å². The number of ether oxygens (including phenoxy) is 1. The molecule has 1 aromatic rings. The SMILES string of the molecule is COC(=O)c1nccc(NCC(C)(C)C)n1. The van der Waals surface area contributed by atoms with Crippen molar-refractivity contribution in [3.05, 3.63) is 18.1 Å². The summed E-state index contributed by atoms with van der Waals surface area (Å²) in [7, 11) is 1.31. The lowest BCUT2D eigenvalue weighted by atomic mass is 9.97. The molecule has 1 aromatic heterocycles. The van der Waals surface area contributed by atoms with Crippen LogP contribution in [0.5, 0.6) is 0 Å². The molecule has 0 amide bonds. The average Bonchev–Trinajstić information content (AvgIpc) is 2.25. The molecule has 0 bridgehead atoms. The van der Waals surface area contributed by atoms with Crippen LogP contribution in [0.15, 0.2) is 12.3 Å². The van der Waals surface area contributed by atoms with Gasteiger partial charge in [0.25, 0.3) is 0 Å². The van der Waals surface area contributed by atoms with Crippen molar-refractivity contribution < 1.29 is 9.53 Å². The van der Waals surface area contributed by atoms with E-state index in [1.807, 2.05) is 0 Å². The van der Waals surface area contributed by atoms with Crippen molar-refractivity contribution in [2.75, 3.05) is 19.0 Å². The van der Waals surface area contributed by atoms with Gasteiger partial charge in [0.15, 0.2) is 0 Å². The Morgan fingerprint density at radius 1 is 1.50 bits per heavy atom. The van der Waals surface area contributed by atoms with Gasteiger partial charge in [0.05, 0.1) is 7.11 Å². The monoisotopic (exact) mass is 223 g/mol. The molecular formula is C11H17N3O2. The Bertz CT molecular complexity index is 372. The van der Waals surface area contributed by atoms with E-state index in [1.54, 1.807) is 6.07 Å². The van der Waals surface area contributed by atoms with E-state index in [2.05, 4.69) is 40.8 Å². The number of methoxy groups -OCH3 is 1. The molecule has 5 heteroatoms. The van der Waals surface area contributed by atoms with Gasteiger partial charge in [0, 0.05) is 12.7 Å². The van der Waals surface area contributed by atoms with Gasteiger partial charge in [-0.15, -0.1) is 0 Å². The van der Waals surface area contributed by atoms with Gasteiger partial charge in [0.2, 0.25) is 5.82 Å². The molecule has 0 fully saturated rings. The van der Waals surface area contributed by atoms with Crippen LogP contribution >= 0.6 is 0 Å². The largest absolute Gasteiger partial charge is 0.463 e. The molecule has 0 radical (unpaired) electrons. The highest BCUT2D eigenvalue weighted by Gasteiger charge is 2.12. The third-order valence-electron chi connectivity index (χ3n) is 1.82. The number of nitrogens with zero attached hydrogens (tertiary/aromatic N) is 2. The second kappa shape index (κ2) is 4.92. The van der Waals surface area contributed by atoms with Gasteiger partial charge >= 0.3 is 5.97 Å². The fraction of sp³-hybridized carbons (Fsp3) is 0.545. The molecule has 0 unspecified atom stereocenters. The van der Waals surface area contributed by atoms with Crippen molar-refractivity contribution in [3.63, 3.8) is 0 Å². The van der Waals surface area contributed by atoms with Gasteiger partial charge in [0.1, 0.15) is 5.82 Å². The zero-order chi connectivity index (χ0) is 12.2. The second-order valence-electron chi connectivity index (χ2n) is 4.67. The third kappa shape index (κ3) is 3.84. The van der Waals surface area contributed by atoms with Crippen LogP contribution in [0.2, 0.25) is 0 Å². The summed E-state index contributed by atoms with van der Waals surface area (Å²) in [6.07, 6.45) is 1.53. The molecule has 1 heterocycles. The molecule has 0 aliphatic heterocycles. The van der Waals surface area contributed by atoms with Gasteiger partial charge in [-0.05, 0) is 11.5 Å². The van der Waals surface area contributed by atoms with Crippen molar-refractivity contribution in [3.8, 4) is 0 Å². The summed E-state index contributed by atoms with van der Waals surface area (Å²) < 4.78 is 4.54. The average molecular weight is 223 g/mol. The number of rotatable bonds is 3. The summed E-state index contributed by atoms with van der Waals surface area (Å²) in [6.45, 7) is 7.11. The topological polar surface area (TPSA) is 64.1 Å². The van der Waals surface area contributed by atoms with E-state index in [0.717, 1.165) is 6.54 Å². The molecule has 0 aliphatic carbocycles. The molecular weight excluding hydrogens is 206 g/mol. The minimum absolute atomic E-state index is 0.0707. The number of anilines is 1. The molecule has 0 aliphatic rings. The van der Waals surface area contributed by atoms with Gasteiger partial charge in [-0.3, -0.25) is 0 Å². The van der Waals surface area contributed by atoms with E-state index < -0.39 is 5.97 Å². The fourth-order valence-electron chi connectivity index (χ4n) is 1.00. The van der Waals surface area contributed by atoms with Crippen LogP contribution in [-0.4, -0.2) is 29.6 Å². The Balaban J connectivity index is 2.71. The van der Waals surface area contributed by atoms with Gasteiger partial charge < -0.3 is 10.1 Å². The summed E-state index contributed by atoms with van der Waals surface area (Å²) >= 11 is 0. The lowest BCUT2D eigenvalue weighted by Crippen LogP contribution is -2.20. The van der Waals surface area contributed by atoms with Gasteiger partial charge in [-0.1, -0.05) is 20.8 Å². The van der Waals surface area contributed by atoms with Crippen LogP contribution in [0.25, 0.3) is 0 Å². The maximum Gasteiger partial charge on any atom is 0.376 e. The lowest BCUT2D eigenvalue weighted by Gasteiger charge is -2.19. The summed E-state index contributed by atoms with van der Waals surface area (Å²) in [4.78, 5) is 19.1. The normalized spacial score (nSPS) is 11.0. The quantitative estimate of drug-likeness (QED) is 0.790. The first-order chi connectivity index (χ1) is 7.42. The van der Waals surface area contributed by atoms with Crippen LogP contribution in [0, 0.1) is 5.41 Å². The molecule has 0 saturated heterocycles. The minimum Gasteiger partial charge on any atom is -0.463 e. The smallest absolute Gasteiger partial charge is 0.376 e. The summed E-state index contributed by atoms with van der Waals surface area (Å²) in [5.74, 6) is 0.172. The van der Waals surface area contributed by atoms with Gasteiger partial charge in [-0.25, -0.2) is 14.8 Å². The third-order valence-corrected chi connectivity index (χ3v) is 1.82. The molecule has 88 valence electrons. The highest BCUT2D eigenvalue weighted by molar-refractivity contribution is 5.85. The number of esters is 1. The Kier molecular flexibility index (Phi) is 3.82. The second-order valence-corrected chi connectivity index (χ2v) is 4.67. The number of aromatic nitrogens is 2. The molecule has 0 aromatic carbocycles. The Morgan fingerprint density at radius 3 is 2.75 bits per heavy atom. The molecule has 0 spiro atoms. The first-order valence-electron chi connectivity index (χ1n) is 5.07. The maximum atomic E-state index is 11.2. The van der Waals surface area contributed by atoms with Crippen LogP contribution in [0.1, 0.15) is 31.4 Å². The number of hydrogen-bond donors (Lipinski definition) is 1. The van der Waals surface area contributed by atoms with Crippen molar-refractivity contribution in [1.82, 2.24) is 9.97 Å². The Labute approximate surface area is 95.3 Å². The fourth-order valence-corrected chi connectivity index (χ4v) is 1.00. The van der Waals surface area contributed by atoms with Crippen LogP contribution in [0.4, 0.5) is 5.82 Å². The molecule has 1 N–H and O–H groups in total. The van der Waals surface area contributed by atoms with Crippen LogP contribution < -0.4 is 5.32 Å². The number of hydrogen-bond acceptors (Lipinski definition) is 5. The predicted octanol–water partition coefficient (Wildman–Crippen LogP) is 1.72. The summed E-state index contributed by atoms with van der Waals surface area (Å²) in [5.41, 5.74) is 0.149.